The number of nitro benzene ring substituents is 1. The minimum Gasteiger partial charge on any atom is -0.258 e. The molecule has 118 valence electrons. The van der Waals surface area contributed by atoms with Gasteiger partial charge < -0.3 is 0 Å². The van der Waals surface area contributed by atoms with Crippen molar-refractivity contribution in [2.75, 3.05) is 0 Å². The summed E-state index contributed by atoms with van der Waals surface area (Å²) in [5.74, 6) is 0.0506. The van der Waals surface area contributed by atoms with Gasteiger partial charge in [-0.25, -0.2) is 12.4 Å². The lowest BCUT2D eigenvalue weighted by molar-refractivity contribution is -0.384. The summed E-state index contributed by atoms with van der Waals surface area (Å²) < 4.78 is 26.7. The first-order chi connectivity index (χ1) is 10.9. The fourth-order valence-electron chi connectivity index (χ4n) is 2.38. The van der Waals surface area contributed by atoms with Gasteiger partial charge in [0.05, 0.1) is 15.3 Å². The maximum atomic E-state index is 12.8. The zero-order valence-electron chi connectivity index (χ0n) is 11.7. The summed E-state index contributed by atoms with van der Waals surface area (Å²) in [7, 11) is -3.80. The van der Waals surface area contributed by atoms with Crippen LogP contribution in [-0.2, 0) is 15.9 Å². The molecule has 0 bridgehead atoms. The molecule has 0 radical (unpaired) electrons. The van der Waals surface area contributed by atoms with Crippen molar-refractivity contribution >= 4 is 38.2 Å². The van der Waals surface area contributed by atoms with Crippen LogP contribution in [0, 0.1) is 10.1 Å². The Bertz CT molecular complexity index is 997. The van der Waals surface area contributed by atoms with E-state index in [4.69, 9.17) is 11.6 Å². The van der Waals surface area contributed by atoms with Gasteiger partial charge in [0.25, 0.3) is 15.7 Å². The molecule has 0 N–H and O–H groups in total. The minimum absolute atomic E-state index is 0.0506. The lowest BCUT2D eigenvalue weighted by Crippen LogP contribution is -2.11. The number of fused-ring (bicyclic) bond motifs is 1. The highest BCUT2D eigenvalue weighted by molar-refractivity contribution is 7.90. The van der Waals surface area contributed by atoms with Gasteiger partial charge in [0.15, 0.2) is 0 Å². The van der Waals surface area contributed by atoms with Gasteiger partial charge in [0, 0.05) is 29.6 Å². The SMILES string of the molecule is O=[N+]([O-])c1ccc2c(c1)c(CCl)cn2S(=O)(=O)c1ccccc1. The van der Waals surface area contributed by atoms with E-state index in [-0.39, 0.29) is 16.5 Å². The van der Waals surface area contributed by atoms with Crippen molar-refractivity contribution < 1.29 is 13.3 Å². The van der Waals surface area contributed by atoms with E-state index in [2.05, 4.69) is 0 Å². The summed E-state index contributed by atoms with van der Waals surface area (Å²) in [4.78, 5) is 10.5. The predicted octanol–water partition coefficient (Wildman–Crippen LogP) is 3.53. The molecule has 0 saturated heterocycles. The number of rotatable bonds is 4. The standard InChI is InChI=1S/C15H11ClN2O4S/c16-9-11-10-17(23(21,22)13-4-2-1-3-5-13)15-7-6-12(18(19)20)8-14(11)15/h1-8,10H,9H2. The average Bonchev–Trinajstić information content (AvgIpc) is 2.94. The fraction of sp³-hybridized carbons (Fsp3) is 0.0667. The Hall–Kier alpha value is -2.38. The number of nitrogens with zero attached hydrogens (tertiary/aromatic N) is 2. The summed E-state index contributed by atoms with van der Waals surface area (Å²) in [6.45, 7) is 0. The molecule has 0 atom stereocenters. The first kappa shape index (κ1) is 15.5. The summed E-state index contributed by atoms with van der Waals surface area (Å²) in [5, 5.41) is 11.4. The Morgan fingerprint density at radius 3 is 2.43 bits per heavy atom. The fourth-order valence-corrected chi connectivity index (χ4v) is 4.00. The van der Waals surface area contributed by atoms with Crippen LogP contribution in [0.2, 0.25) is 0 Å². The molecular weight excluding hydrogens is 340 g/mol. The number of halogens is 1. The summed E-state index contributed by atoms with van der Waals surface area (Å²) in [5.41, 5.74) is 0.763. The molecule has 0 aliphatic heterocycles. The molecule has 0 amide bonds. The molecule has 0 spiro atoms. The van der Waals surface area contributed by atoms with E-state index in [0.29, 0.717) is 16.5 Å². The highest BCUT2D eigenvalue weighted by Crippen LogP contribution is 2.30. The summed E-state index contributed by atoms with van der Waals surface area (Å²) >= 11 is 5.87. The quantitative estimate of drug-likeness (QED) is 0.409. The van der Waals surface area contributed by atoms with Crippen molar-refractivity contribution in [2.24, 2.45) is 0 Å². The third kappa shape index (κ3) is 2.58. The second kappa shape index (κ2) is 5.68. The molecule has 3 aromatic rings. The Kier molecular flexibility index (Phi) is 3.83. The van der Waals surface area contributed by atoms with E-state index in [1.54, 1.807) is 18.2 Å². The van der Waals surface area contributed by atoms with Crippen LogP contribution in [0.1, 0.15) is 5.56 Å². The molecule has 23 heavy (non-hydrogen) atoms. The number of non-ortho nitro benzene ring substituents is 1. The minimum atomic E-state index is -3.80. The van der Waals surface area contributed by atoms with Gasteiger partial charge in [-0.05, 0) is 23.8 Å². The zero-order valence-corrected chi connectivity index (χ0v) is 13.3. The number of aromatic nitrogens is 1. The molecule has 0 aliphatic carbocycles. The van der Waals surface area contributed by atoms with Crippen molar-refractivity contribution in [2.45, 2.75) is 10.8 Å². The van der Waals surface area contributed by atoms with E-state index in [9.17, 15) is 18.5 Å². The van der Waals surface area contributed by atoms with Crippen LogP contribution >= 0.6 is 11.6 Å². The van der Waals surface area contributed by atoms with Crippen molar-refractivity contribution in [3.63, 3.8) is 0 Å². The molecule has 2 aromatic carbocycles. The molecule has 0 saturated carbocycles. The number of hydrogen-bond acceptors (Lipinski definition) is 4. The highest BCUT2D eigenvalue weighted by Gasteiger charge is 2.22. The topological polar surface area (TPSA) is 82.2 Å². The van der Waals surface area contributed by atoms with E-state index >= 15 is 0 Å². The molecular formula is C15H11ClN2O4S. The van der Waals surface area contributed by atoms with Gasteiger partial charge in [0.2, 0.25) is 0 Å². The molecule has 1 heterocycles. The number of nitro groups is 1. The Morgan fingerprint density at radius 1 is 1.13 bits per heavy atom. The van der Waals surface area contributed by atoms with Crippen molar-refractivity contribution in [3.8, 4) is 0 Å². The molecule has 3 rings (SSSR count). The summed E-state index contributed by atoms with van der Waals surface area (Å²) in [6, 6.07) is 12.0. The molecule has 0 fully saturated rings. The lowest BCUT2D eigenvalue weighted by Gasteiger charge is -2.07. The molecule has 6 nitrogen and oxygen atoms in total. The molecule has 8 heteroatoms. The molecule has 0 unspecified atom stereocenters. The predicted molar refractivity (Wildman–Crippen MR) is 87.2 cm³/mol. The number of hydrogen-bond donors (Lipinski definition) is 0. The van der Waals surface area contributed by atoms with Crippen molar-refractivity contribution in [1.82, 2.24) is 3.97 Å². The van der Waals surface area contributed by atoms with E-state index < -0.39 is 14.9 Å². The van der Waals surface area contributed by atoms with Gasteiger partial charge in [-0.3, -0.25) is 10.1 Å². The van der Waals surface area contributed by atoms with Crippen LogP contribution < -0.4 is 0 Å². The largest absolute Gasteiger partial charge is 0.270 e. The van der Waals surface area contributed by atoms with E-state index in [0.717, 1.165) is 3.97 Å². The Balaban J connectivity index is 2.29. The second-order valence-corrected chi connectivity index (χ2v) is 6.94. The first-order valence-corrected chi connectivity index (χ1v) is 8.57. The Labute approximate surface area is 137 Å². The highest BCUT2D eigenvalue weighted by atomic mass is 35.5. The van der Waals surface area contributed by atoms with Crippen LogP contribution in [-0.4, -0.2) is 17.3 Å². The van der Waals surface area contributed by atoms with Crippen molar-refractivity contribution in [1.29, 1.82) is 0 Å². The lowest BCUT2D eigenvalue weighted by atomic mass is 10.2. The average molecular weight is 351 g/mol. The number of benzene rings is 2. The van der Waals surface area contributed by atoms with Crippen LogP contribution in [0.25, 0.3) is 10.9 Å². The van der Waals surface area contributed by atoms with Gasteiger partial charge in [-0.2, -0.15) is 0 Å². The maximum Gasteiger partial charge on any atom is 0.270 e. The third-order valence-corrected chi connectivity index (χ3v) is 5.47. The van der Waals surface area contributed by atoms with Crippen LogP contribution in [0.3, 0.4) is 0 Å². The third-order valence-electron chi connectivity index (χ3n) is 3.49. The van der Waals surface area contributed by atoms with Crippen LogP contribution in [0.4, 0.5) is 5.69 Å². The second-order valence-electron chi connectivity index (χ2n) is 4.86. The first-order valence-electron chi connectivity index (χ1n) is 6.60. The Morgan fingerprint density at radius 2 is 1.83 bits per heavy atom. The van der Waals surface area contributed by atoms with Gasteiger partial charge in [0.1, 0.15) is 0 Å². The van der Waals surface area contributed by atoms with Gasteiger partial charge in [-0.15, -0.1) is 11.6 Å². The van der Waals surface area contributed by atoms with Gasteiger partial charge >= 0.3 is 0 Å². The van der Waals surface area contributed by atoms with E-state index in [1.807, 2.05) is 0 Å². The maximum absolute atomic E-state index is 12.8. The van der Waals surface area contributed by atoms with Crippen molar-refractivity contribution in [3.05, 3.63) is 70.4 Å². The zero-order chi connectivity index (χ0) is 16.6. The van der Waals surface area contributed by atoms with Crippen LogP contribution in [0.5, 0.6) is 0 Å². The van der Waals surface area contributed by atoms with Crippen LogP contribution in [0.15, 0.2) is 59.6 Å². The number of alkyl halides is 1. The van der Waals surface area contributed by atoms with E-state index in [1.165, 1.54) is 36.5 Å². The molecule has 0 aliphatic rings. The normalized spacial score (nSPS) is 11.7. The smallest absolute Gasteiger partial charge is 0.258 e. The van der Waals surface area contributed by atoms with Gasteiger partial charge in [-0.1, -0.05) is 18.2 Å². The summed E-state index contributed by atoms with van der Waals surface area (Å²) in [6.07, 6.45) is 1.41. The molecule has 1 aromatic heterocycles. The monoisotopic (exact) mass is 350 g/mol.